The van der Waals surface area contributed by atoms with Gasteiger partial charge >= 0.3 is 88.0 Å². The molecule has 0 spiro atoms. The van der Waals surface area contributed by atoms with Crippen molar-refractivity contribution >= 4 is 30.5 Å². The first kappa shape index (κ1) is 10.6. The molecule has 13 heavy (non-hydrogen) atoms. The maximum absolute atomic E-state index is 10.4. The SMILES string of the molecule is CC(CC(=O)O)[Te]c1ccccc1. The molecule has 0 radical (unpaired) electrons. The van der Waals surface area contributed by atoms with Crippen LogP contribution in [-0.4, -0.2) is 32.0 Å². The molecular formula is C10H12O2Te. The molecule has 1 N–H and O–H groups in total. The molecule has 0 bridgehead atoms. The van der Waals surface area contributed by atoms with Crippen LogP contribution >= 0.6 is 0 Å². The minimum atomic E-state index is -0.687. The summed E-state index contributed by atoms with van der Waals surface area (Å²) in [4.78, 5) is 10.4. The molecule has 1 unspecified atom stereocenters. The summed E-state index contributed by atoms with van der Waals surface area (Å²) in [6, 6.07) is 10.2. The van der Waals surface area contributed by atoms with E-state index < -0.39 is 5.97 Å². The van der Waals surface area contributed by atoms with Gasteiger partial charge in [0.2, 0.25) is 0 Å². The van der Waals surface area contributed by atoms with Crippen LogP contribution in [0.2, 0.25) is 3.97 Å². The van der Waals surface area contributed by atoms with Gasteiger partial charge < -0.3 is 0 Å². The Morgan fingerprint density at radius 3 is 2.62 bits per heavy atom. The van der Waals surface area contributed by atoms with Crippen molar-refractivity contribution in [2.45, 2.75) is 17.3 Å². The molecule has 0 saturated carbocycles. The molecule has 0 fully saturated rings. The molecule has 3 heteroatoms. The Labute approximate surface area is 88.0 Å². The zero-order valence-corrected chi connectivity index (χ0v) is 9.77. The predicted octanol–water partition coefficient (Wildman–Crippen LogP) is 1.30. The Morgan fingerprint density at radius 1 is 1.46 bits per heavy atom. The van der Waals surface area contributed by atoms with E-state index in [1.54, 1.807) is 0 Å². The fourth-order valence-electron chi connectivity index (χ4n) is 1.02. The Kier molecular flexibility index (Phi) is 4.27. The average Bonchev–Trinajstić information content (AvgIpc) is 2.04. The molecule has 0 aromatic heterocycles. The quantitative estimate of drug-likeness (QED) is 0.849. The maximum atomic E-state index is 10.4. The van der Waals surface area contributed by atoms with Gasteiger partial charge in [-0.2, -0.15) is 0 Å². The predicted molar refractivity (Wildman–Crippen MR) is 53.5 cm³/mol. The van der Waals surface area contributed by atoms with Crippen molar-refractivity contribution in [2.75, 3.05) is 0 Å². The molecule has 70 valence electrons. The topological polar surface area (TPSA) is 37.3 Å². The van der Waals surface area contributed by atoms with E-state index in [1.807, 2.05) is 25.1 Å². The van der Waals surface area contributed by atoms with E-state index in [1.165, 1.54) is 3.61 Å². The normalized spacial score (nSPS) is 12.4. The Balaban J connectivity index is 2.45. The van der Waals surface area contributed by atoms with Crippen molar-refractivity contribution < 1.29 is 9.90 Å². The summed E-state index contributed by atoms with van der Waals surface area (Å²) in [5.41, 5.74) is 0. The average molecular weight is 292 g/mol. The van der Waals surface area contributed by atoms with Crippen LogP contribution in [0.3, 0.4) is 0 Å². The van der Waals surface area contributed by atoms with E-state index in [4.69, 9.17) is 5.11 Å². The number of carboxylic acid groups (broad SMARTS) is 1. The summed E-state index contributed by atoms with van der Waals surface area (Å²) in [6.45, 7) is 2.02. The third kappa shape index (κ3) is 4.31. The van der Waals surface area contributed by atoms with E-state index in [2.05, 4.69) is 12.1 Å². The molecule has 0 aliphatic carbocycles. The van der Waals surface area contributed by atoms with E-state index >= 15 is 0 Å². The second-order valence-corrected chi connectivity index (χ2v) is 7.15. The van der Waals surface area contributed by atoms with Crippen LogP contribution < -0.4 is 3.61 Å². The van der Waals surface area contributed by atoms with E-state index in [0.29, 0.717) is 10.4 Å². The van der Waals surface area contributed by atoms with E-state index in [9.17, 15) is 4.79 Å². The van der Waals surface area contributed by atoms with Crippen molar-refractivity contribution in [1.82, 2.24) is 0 Å². The van der Waals surface area contributed by atoms with Gasteiger partial charge in [0.1, 0.15) is 0 Å². The van der Waals surface area contributed by atoms with Crippen LogP contribution in [0, 0.1) is 0 Å². The molecular weight excluding hydrogens is 280 g/mol. The zero-order valence-electron chi connectivity index (χ0n) is 7.43. The third-order valence-electron chi connectivity index (χ3n) is 1.54. The molecule has 0 saturated heterocycles. The van der Waals surface area contributed by atoms with Gasteiger partial charge in [0.25, 0.3) is 0 Å². The van der Waals surface area contributed by atoms with Crippen molar-refractivity contribution in [2.24, 2.45) is 0 Å². The summed E-state index contributed by atoms with van der Waals surface area (Å²) in [5.74, 6) is -0.687. The molecule has 0 aliphatic heterocycles. The van der Waals surface area contributed by atoms with Gasteiger partial charge in [0.05, 0.1) is 0 Å². The number of benzene rings is 1. The first-order chi connectivity index (χ1) is 6.18. The molecule has 0 aliphatic rings. The molecule has 1 atom stereocenters. The van der Waals surface area contributed by atoms with Gasteiger partial charge in [-0.05, 0) is 0 Å². The summed E-state index contributed by atoms with van der Waals surface area (Å²) in [7, 11) is 0. The first-order valence-corrected chi connectivity index (χ1v) is 6.63. The number of hydrogen-bond donors (Lipinski definition) is 1. The number of rotatable bonds is 4. The van der Waals surface area contributed by atoms with Crippen LogP contribution in [0.4, 0.5) is 0 Å². The Hall–Kier alpha value is -0.520. The molecule has 0 amide bonds. The molecule has 0 heterocycles. The molecule has 2 nitrogen and oxygen atoms in total. The number of carbonyl (C=O) groups is 1. The fraction of sp³-hybridized carbons (Fsp3) is 0.300. The number of hydrogen-bond acceptors (Lipinski definition) is 1. The zero-order chi connectivity index (χ0) is 9.68. The van der Waals surface area contributed by atoms with Gasteiger partial charge in [-0.3, -0.25) is 0 Å². The Bertz CT molecular complexity index is 272. The number of aliphatic carboxylic acids is 1. The fourth-order valence-corrected chi connectivity index (χ4v) is 3.89. The van der Waals surface area contributed by atoms with Crippen LogP contribution in [0.1, 0.15) is 13.3 Å². The first-order valence-electron chi connectivity index (χ1n) is 4.12. The van der Waals surface area contributed by atoms with Gasteiger partial charge in [0, 0.05) is 0 Å². The summed E-state index contributed by atoms with van der Waals surface area (Å²) >= 11 is -0.331. The second-order valence-electron chi connectivity index (χ2n) is 2.84. The van der Waals surface area contributed by atoms with Crippen LogP contribution in [0.5, 0.6) is 0 Å². The van der Waals surface area contributed by atoms with Crippen LogP contribution in [0.25, 0.3) is 0 Å². The van der Waals surface area contributed by atoms with Crippen molar-refractivity contribution in [3.8, 4) is 0 Å². The monoisotopic (exact) mass is 294 g/mol. The minimum absolute atomic E-state index is 0.303. The second kappa shape index (κ2) is 5.26. The molecule has 1 rings (SSSR count). The third-order valence-corrected chi connectivity index (χ3v) is 4.72. The van der Waals surface area contributed by atoms with E-state index in [0.717, 1.165) is 0 Å². The molecule has 1 aromatic rings. The summed E-state index contributed by atoms with van der Waals surface area (Å²) < 4.78 is 1.67. The van der Waals surface area contributed by atoms with Crippen molar-refractivity contribution in [3.05, 3.63) is 30.3 Å². The van der Waals surface area contributed by atoms with Crippen molar-refractivity contribution in [3.63, 3.8) is 0 Å². The summed E-state index contributed by atoms with van der Waals surface area (Å²) in [5, 5.41) is 8.58. The van der Waals surface area contributed by atoms with Gasteiger partial charge in [0.15, 0.2) is 0 Å². The number of carboxylic acids is 1. The van der Waals surface area contributed by atoms with Crippen LogP contribution in [-0.2, 0) is 4.79 Å². The Morgan fingerprint density at radius 2 is 2.08 bits per heavy atom. The van der Waals surface area contributed by atoms with Crippen molar-refractivity contribution in [1.29, 1.82) is 0 Å². The van der Waals surface area contributed by atoms with Gasteiger partial charge in [-0.25, -0.2) is 0 Å². The van der Waals surface area contributed by atoms with Crippen LogP contribution in [0.15, 0.2) is 30.3 Å². The summed E-state index contributed by atoms with van der Waals surface area (Å²) in [6.07, 6.45) is 0.303. The standard InChI is InChI=1S/C10H12O2Te/c1-8(7-10(11)12)13-9-5-3-2-4-6-9/h2-6,8H,7H2,1H3,(H,11,12). The van der Waals surface area contributed by atoms with Gasteiger partial charge in [-0.1, -0.05) is 0 Å². The van der Waals surface area contributed by atoms with E-state index in [-0.39, 0.29) is 20.9 Å². The van der Waals surface area contributed by atoms with Gasteiger partial charge in [-0.15, -0.1) is 0 Å². The molecule has 1 aromatic carbocycles.